The van der Waals surface area contributed by atoms with Crippen molar-refractivity contribution in [3.05, 3.63) is 30.3 Å². The van der Waals surface area contributed by atoms with Crippen LogP contribution in [0.1, 0.15) is 33.6 Å². The number of carbonyl (C=O) groups is 1. The Kier molecular flexibility index (Phi) is 5.20. The summed E-state index contributed by atoms with van der Waals surface area (Å²) in [5, 5.41) is 0. The van der Waals surface area contributed by atoms with Crippen LogP contribution in [0.3, 0.4) is 0 Å². The highest BCUT2D eigenvalue weighted by Gasteiger charge is 2.30. The molecule has 0 radical (unpaired) electrons. The average Bonchev–Trinajstić information content (AvgIpc) is 3.12. The van der Waals surface area contributed by atoms with Crippen molar-refractivity contribution in [3.63, 3.8) is 0 Å². The van der Waals surface area contributed by atoms with Gasteiger partial charge >= 0.3 is 5.97 Å². The Labute approximate surface area is 109 Å². The number of para-hydroxylation sites is 1. The second-order valence-corrected chi connectivity index (χ2v) is 5.32. The van der Waals surface area contributed by atoms with Gasteiger partial charge in [0.1, 0.15) is 11.4 Å². The van der Waals surface area contributed by atoms with Gasteiger partial charge in [0.2, 0.25) is 0 Å². The molecule has 3 heteroatoms. The number of hydrogen-bond acceptors (Lipinski definition) is 3. The van der Waals surface area contributed by atoms with E-state index in [0.29, 0.717) is 0 Å². The average molecular weight is 250 g/mol. The van der Waals surface area contributed by atoms with E-state index in [2.05, 4.69) is 4.74 Å². The first-order valence-electron chi connectivity index (χ1n) is 6.24. The van der Waals surface area contributed by atoms with Gasteiger partial charge in [0.25, 0.3) is 0 Å². The quantitative estimate of drug-likeness (QED) is 0.754. The van der Waals surface area contributed by atoms with Crippen molar-refractivity contribution >= 4 is 5.97 Å². The first kappa shape index (κ1) is 14.6. The van der Waals surface area contributed by atoms with Crippen LogP contribution < -0.4 is 4.74 Å². The van der Waals surface area contributed by atoms with Crippen molar-refractivity contribution in [2.24, 2.45) is 5.92 Å². The van der Waals surface area contributed by atoms with E-state index in [1.807, 2.05) is 51.1 Å². The molecule has 0 saturated heterocycles. The molecule has 1 aromatic carbocycles. The Morgan fingerprint density at radius 2 is 1.72 bits per heavy atom. The molecule has 1 aliphatic rings. The summed E-state index contributed by atoms with van der Waals surface area (Å²) in [4.78, 5) is 10.4. The Balaban J connectivity index is 0.000000199. The zero-order chi connectivity index (χ0) is 13.6. The molecular weight excluding hydrogens is 228 g/mol. The third-order valence-electron chi connectivity index (χ3n) is 2.28. The van der Waals surface area contributed by atoms with Gasteiger partial charge in [-0.15, -0.1) is 0 Å². The van der Waals surface area contributed by atoms with Crippen molar-refractivity contribution in [3.8, 4) is 5.75 Å². The minimum absolute atomic E-state index is 0.0417. The Bertz CT molecular complexity index is 361. The van der Waals surface area contributed by atoms with Gasteiger partial charge in [-0.3, -0.25) is 4.79 Å². The molecule has 2 rings (SSSR count). The van der Waals surface area contributed by atoms with Crippen molar-refractivity contribution in [2.45, 2.75) is 39.2 Å². The monoisotopic (exact) mass is 250 g/mol. The topological polar surface area (TPSA) is 35.5 Å². The third kappa shape index (κ3) is 6.28. The lowest BCUT2D eigenvalue weighted by Crippen LogP contribution is -2.22. The van der Waals surface area contributed by atoms with Gasteiger partial charge in [-0.1, -0.05) is 18.2 Å². The van der Waals surface area contributed by atoms with E-state index in [1.165, 1.54) is 7.11 Å². The van der Waals surface area contributed by atoms with E-state index in [4.69, 9.17) is 4.74 Å². The molecule has 0 unspecified atom stereocenters. The first-order chi connectivity index (χ1) is 8.42. The Hall–Kier alpha value is -1.51. The fourth-order valence-corrected chi connectivity index (χ4v) is 1.33. The number of hydrogen-bond donors (Lipinski definition) is 0. The van der Waals surface area contributed by atoms with Crippen LogP contribution in [0.4, 0.5) is 0 Å². The van der Waals surface area contributed by atoms with E-state index >= 15 is 0 Å². The summed E-state index contributed by atoms with van der Waals surface area (Å²) in [6, 6.07) is 9.86. The van der Waals surface area contributed by atoms with Crippen molar-refractivity contribution in [1.29, 1.82) is 0 Å². The van der Waals surface area contributed by atoms with Crippen molar-refractivity contribution < 1.29 is 14.3 Å². The fourth-order valence-electron chi connectivity index (χ4n) is 1.33. The van der Waals surface area contributed by atoms with Gasteiger partial charge in [0, 0.05) is 0 Å². The molecular formula is C15H22O3. The number of benzene rings is 1. The van der Waals surface area contributed by atoms with Crippen molar-refractivity contribution in [1.82, 2.24) is 0 Å². The van der Waals surface area contributed by atoms with Crippen LogP contribution in [-0.2, 0) is 9.53 Å². The maximum absolute atomic E-state index is 10.4. The lowest BCUT2D eigenvalue weighted by molar-refractivity contribution is -0.142. The maximum atomic E-state index is 10.4. The van der Waals surface area contributed by atoms with Crippen molar-refractivity contribution in [2.75, 3.05) is 7.11 Å². The molecule has 0 aliphatic heterocycles. The van der Waals surface area contributed by atoms with Gasteiger partial charge < -0.3 is 9.47 Å². The number of methoxy groups -OCH3 is 1. The van der Waals surface area contributed by atoms with Crippen LogP contribution in [0, 0.1) is 5.92 Å². The highest BCUT2D eigenvalue weighted by atomic mass is 16.5. The lowest BCUT2D eigenvalue weighted by atomic mass is 10.2. The van der Waals surface area contributed by atoms with E-state index in [0.717, 1.165) is 18.6 Å². The van der Waals surface area contributed by atoms with E-state index in [1.54, 1.807) is 0 Å². The van der Waals surface area contributed by atoms with Gasteiger partial charge in [-0.05, 0) is 45.7 Å². The minimum Gasteiger partial charge on any atom is -0.488 e. The van der Waals surface area contributed by atoms with Crippen LogP contribution in [0.25, 0.3) is 0 Å². The van der Waals surface area contributed by atoms with E-state index < -0.39 is 0 Å². The van der Waals surface area contributed by atoms with Crippen LogP contribution in [-0.4, -0.2) is 18.7 Å². The molecule has 1 saturated carbocycles. The van der Waals surface area contributed by atoms with Crippen LogP contribution in [0.2, 0.25) is 0 Å². The van der Waals surface area contributed by atoms with Crippen LogP contribution in [0.5, 0.6) is 5.75 Å². The third-order valence-corrected chi connectivity index (χ3v) is 2.28. The molecule has 18 heavy (non-hydrogen) atoms. The smallest absolute Gasteiger partial charge is 0.308 e. The molecule has 0 spiro atoms. The minimum atomic E-state index is -0.0959. The number of rotatable bonds is 2. The highest BCUT2D eigenvalue weighted by molar-refractivity contribution is 5.74. The largest absolute Gasteiger partial charge is 0.488 e. The Morgan fingerprint density at radius 3 is 2.06 bits per heavy atom. The number of carbonyl (C=O) groups excluding carboxylic acids is 1. The second-order valence-electron chi connectivity index (χ2n) is 5.32. The molecule has 1 fully saturated rings. The van der Waals surface area contributed by atoms with E-state index in [-0.39, 0.29) is 17.5 Å². The molecule has 0 atom stereocenters. The number of ether oxygens (including phenoxy) is 2. The summed E-state index contributed by atoms with van der Waals surface area (Å²) < 4.78 is 10.0. The predicted molar refractivity (Wildman–Crippen MR) is 71.6 cm³/mol. The molecule has 0 amide bonds. The molecule has 0 heterocycles. The predicted octanol–water partition coefficient (Wildman–Crippen LogP) is 3.43. The summed E-state index contributed by atoms with van der Waals surface area (Å²) in [7, 11) is 1.43. The molecule has 3 nitrogen and oxygen atoms in total. The maximum Gasteiger partial charge on any atom is 0.308 e. The summed E-state index contributed by atoms with van der Waals surface area (Å²) in [5.74, 6) is 1.14. The van der Waals surface area contributed by atoms with Crippen LogP contribution >= 0.6 is 0 Å². The molecule has 1 aromatic rings. The van der Waals surface area contributed by atoms with Gasteiger partial charge in [0.15, 0.2) is 0 Å². The normalized spacial score (nSPS) is 14.2. The van der Waals surface area contributed by atoms with Gasteiger partial charge in [-0.25, -0.2) is 0 Å². The standard InChI is InChI=1S/C10H14O.C5H8O2/c1-10(2,3)11-9-7-5-4-6-8-9;1-7-5(6)4-2-3-4/h4-8H,1-3H3;4H,2-3H2,1H3. The highest BCUT2D eigenvalue weighted by Crippen LogP contribution is 2.29. The second kappa shape index (κ2) is 6.43. The SMILES string of the molecule is CC(C)(C)Oc1ccccc1.COC(=O)C1CC1. The van der Waals surface area contributed by atoms with E-state index in [9.17, 15) is 4.79 Å². The molecule has 100 valence electrons. The zero-order valence-corrected chi connectivity index (χ0v) is 11.6. The summed E-state index contributed by atoms with van der Waals surface area (Å²) in [6.45, 7) is 6.12. The summed E-state index contributed by atoms with van der Waals surface area (Å²) in [5.41, 5.74) is -0.0959. The molecule has 0 aromatic heterocycles. The lowest BCUT2D eigenvalue weighted by Gasteiger charge is -2.20. The Morgan fingerprint density at radius 1 is 1.17 bits per heavy atom. The van der Waals surface area contributed by atoms with Crippen LogP contribution in [0.15, 0.2) is 30.3 Å². The molecule has 0 N–H and O–H groups in total. The number of esters is 1. The summed E-state index contributed by atoms with van der Waals surface area (Å²) >= 11 is 0. The molecule has 0 bridgehead atoms. The zero-order valence-electron chi connectivity index (χ0n) is 11.6. The first-order valence-corrected chi connectivity index (χ1v) is 6.24. The summed E-state index contributed by atoms with van der Waals surface area (Å²) in [6.07, 6.45) is 2.07. The fraction of sp³-hybridized carbons (Fsp3) is 0.533. The van der Waals surface area contributed by atoms with Gasteiger partial charge in [-0.2, -0.15) is 0 Å². The molecule has 1 aliphatic carbocycles. The van der Waals surface area contributed by atoms with Gasteiger partial charge in [0.05, 0.1) is 13.0 Å².